The molecule has 0 fully saturated rings. The van der Waals surface area contributed by atoms with E-state index in [-0.39, 0.29) is 5.97 Å². The molecule has 0 aliphatic rings. The molecule has 1 aromatic carbocycles. The van der Waals surface area contributed by atoms with Crippen molar-refractivity contribution < 1.29 is 9.53 Å². The Bertz CT molecular complexity index is 380. The molecule has 3 nitrogen and oxygen atoms in total. The van der Waals surface area contributed by atoms with Crippen LogP contribution in [0.3, 0.4) is 0 Å². The molecule has 1 N–H and O–H groups in total. The van der Waals surface area contributed by atoms with E-state index in [0.29, 0.717) is 11.7 Å². The third kappa shape index (κ3) is 5.56. The van der Waals surface area contributed by atoms with Crippen LogP contribution in [0, 0.1) is 5.92 Å². The van der Waals surface area contributed by atoms with Crippen LogP contribution in [-0.4, -0.2) is 25.4 Å². The maximum atomic E-state index is 11.1. The first-order chi connectivity index (χ1) is 8.63. The summed E-state index contributed by atoms with van der Waals surface area (Å²) in [6, 6.07) is 8.15. The van der Waals surface area contributed by atoms with Gasteiger partial charge in [0.25, 0.3) is 0 Å². The van der Waals surface area contributed by atoms with Gasteiger partial charge in [-0.2, -0.15) is 0 Å². The Hall–Kier alpha value is -1.00. The van der Waals surface area contributed by atoms with Crippen LogP contribution < -0.4 is 5.32 Å². The van der Waals surface area contributed by atoms with Gasteiger partial charge in [0.05, 0.1) is 12.9 Å². The lowest BCUT2D eigenvalue weighted by atomic mass is 10.2. The highest BCUT2D eigenvalue weighted by Crippen LogP contribution is 2.22. The lowest BCUT2D eigenvalue weighted by Gasteiger charge is -2.11. The molecule has 0 bridgehead atoms. The summed E-state index contributed by atoms with van der Waals surface area (Å²) in [5.41, 5.74) is 1.23. The molecule has 1 rings (SSSR count). The van der Waals surface area contributed by atoms with Crippen molar-refractivity contribution in [3.8, 4) is 0 Å². The lowest BCUT2D eigenvalue weighted by molar-refractivity contribution is -0.137. The number of nitrogens with one attached hydrogen (secondary N) is 1. The van der Waals surface area contributed by atoms with Gasteiger partial charge in [0.2, 0.25) is 0 Å². The standard InChI is InChI=1S/C14H21NO2S/c1-11(2)8-15-9-12-6-4-5-7-13(12)18-10-14(16)17-3/h4-7,11,15H,8-10H2,1-3H3. The molecular weight excluding hydrogens is 246 g/mol. The summed E-state index contributed by atoms with van der Waals surface area (Å²) >= 11 is 1.52. The van der Waals surface area contributed by atoms with Gasteiger partial charge in [-0.05, 0) is 24.1 Å². The zero-order chi connectivity index (χ0) is 13.4. The highest BCUT2D eigenvalue weighted by molar-refractivity contribution is 8.00. The number of rotatable bonds is 7. The largest absolute Gasteiger partial charge is 0.468 e. The smallest absolute Gasteiger partial charge is 0.315 e. The predicted octanol–water partition coefficient (Wildman–Crippen LogP) is 2.70. The van der Waals surface area contributed by atoms with Gasteiger partial charge in [0, 0.05) is 11.4 Å². The molecule has 0 saturated carbocycles. The molecule has 0 atom stereocenters. The number of ether oxygens (including phenoxy) is 1. The van der Waals surface area contributed by atoms with Crippen molar-refractivity contribution in [2.45, 2.75) is 25.3 Å². The van der Waals surface area contributed by atoms with E-state index in [1.54, 1.807) is 0 Å². The van der Waals surface area contributed by atoms with Gasteiger partial charge < -0.3 is 10.1 Å². The molecule has 0 heterocycles. The maximum absolute atomic E-state index is 11.1. The second kappa shape index (κ2) is 8.16. The van der Waals surface area contributed by atoms with Gasteiger partial charge in [0.1, 0.15) is 0 Å². The van der Waals surface area contributed by atoms with E-state index in [0.717, 1.165) is 18.0 Å². The number of hydrogen-bond donors (Lipinski definition) is 1. The van der Waals surface area contributed by atoms with E-state index in [4.69, 9.17) is 0 Å². The number of thioether (sulfide) groups is 1. The summed E-state index contributed by atoms with van der Waals surface area (Å²) in [7, 11) is 1.42. The molecule has 0 amide bonds. The van der Waals surface area contributed by atoms with Crippen LogP contribution in [-0.2, 0) is 16.1 Å². The summed E-state index contributed by atoms with van der Waals surface area (Å²) in [6.07, 6.45) is 0. The molecule has 0 radical (unpaired) electrons. The Morgan fingerprint density at radius 1 is 1.39 bits per heavy atom. The van der Waals surface area contributed by atoms with E-state index in [2.05, 4.69) is 30.0 Å². The second-order valence-corrected chi connectivity index (χ2v) is 5.51. The van der Waals surface area contributed by atoms with Gasteiger partial charge in [-0.25, -0.2) is 0 Å². The summed E-state index contributed by atoms with van der Waals surface area (Å²) < 4.78 is 4.65. The van der Waals surface area contributed by atoms with Crippen molar-refractivity contribution in [3.05, 3.63) is 29.8 Å². The van der Waals surface area contributed by atoms with Crippen molar-refractivity contribution in [3.63, 3.8) is 0 Å². The first kappa shape index (κ1) is 15.1. The average molecular weight is 267 g/mol. The number of benzene rings is 1. The van der Waals surface area contributed by atoms with Crippen molar-refractivity contribution in [2.24, 2.45) is 5.92 Å². The molecule has 0 saturated heterocycles. The third-order valence-corrected chi connectivity index (χ3v) is 3.50. The highest BCUT2D eigenvalue weighted by atomic mass is 32.2. The zero-order valence-corrected chi connectivity index (χ0v) is 12.0. The van der Waals surface area contributed by atoms with Gasteiger partial charge in [-0.3, -0.25) is 4.79 Å². The first-order valence-electron chi connectivity index (χ1n) is 6.11. The van der Waals surface area contributed by atoms with Crippen molar-refractivity contribution in [1.82, 2.24) is 5.32 Å². The van der Waals surface area contributed by atoms with E-state index >= 15 is 0 Å². The molecule has 0 unspecified atom stereocenters. The van der Waals surface area contributed by atoms with Crippen LogP contribution >= 0.6 is 11.8 Å². The minimum Gasteiger partial charge on any atom is -0.468 e. The summed E-state index contributed by atoms with van der Waals surface area (Å²) in [6.45, 7) is 6.20. The van der Waals surface area contributed by atoms with Gasteiger partial charge in [0.15, 0.2) is 0 Å². The number of carbonyl (C=O) groups is 1. The lowest BCUT2D eigenvalue weighted by Crippen LogP contribution is -2.19. The molecule has 100 valence electrons. The molecular formula is C14H21NO2S. The Morgan fingerprint density at radius 2 is 2.11 bits per heavy atom. The Labute approximate surface area is 113 Å². The van der Waals surface area contributed by atoms with Crippen LogP contribution in [0.5, 0.6) is 0 Å². The molecule has 0 aromatic heterocycles. The number of carbonyl (C=O) groups excluding carboxylic acids is 1. The van der Waals surface area contributed by atoms with E-state index in [1.165, 1.54) is 24.4 Å². The Balaban J connectivity index is 2.53. The monoisotopic (exact) mass is 267 g/mol. The second-order valence-electron chi connectivity index (χ2n) is 4.50. The molecule has 0 aliphatic carbocycles. The Morgan fingerprint density at radius 3 is 2.78 bits per heavy atom. The van der Waals surface area contributed by atoms with Gasteiger partial charge in [-0.15, -0.1) is 11.8 Å². The van der Waals surface area contributed by atoms with E-state index < -0.39 is 0 Å². The van der Waals surface area contributed by atoms with Gasteiger partial charge >= 0.3 is 5.97 Å². The zero-order valence-electron chi connectivity index (χ0n) is 11.2. The van der Waals surface area contributed by atoms with Crippen LogP contribution in [0.15, 0.2) is 29.2 Å². The van der Waals surface area contributed by atoms with Crippen molar-refractivity contribution in [2.75, 3.05) is 19.4 Å². The minimum atomic E-state index is -0.190. The van der Waals surface area contributed by atoms with Crippen molar-refractivity contribution >= 4 is 17.7 Å². The average Bonchev–Trinajstić information content (AvgIpc) is 2.36. The third-order valence-electron chi connectivity index (χ3n) is 2.41. The van der Waals surface area contributed by atoms with Crippen LogP contribution in [0.2, 0.25) is 0 Å². The number of methoxy groups -OCH3 is 1. The number of hydrogen-bond acceptors (Lipinski definition) is 4. The SMILES string of the molecule is COC(=O)CSc1ccccc1CNCC(C)C. The number of esters is 1. The van der Waals surface area contributed by atoms with Crippen LogP contribution in [0.25, 0.3) is 0 Å². The van der Waals surface area contributed by atoms with Gasteiger partial charge in [-0.1, -0.05) is 32.0 Å². The fourth-order valence-electron chi connectivity index (χ4n) is 1.48. The molecule has 0 aliphatic heterocycles. The topological polar surface area (TPSA) is 38.3 Å². The molecule has 4 heteroatoms. The summed E-state index contributed by atoms with van der Waals surface area (Å²) in [5, 5.41) is 3.41. The Kier molecular flexibility index (Phi) is 6.83. The fourth-order valence-corrected chi connectivity index (χ4v) is 2.37. The first-order valence-corrected chi connectivity index (χ1v) is 7.10. The minimum absolute atomic E-state index is 0.190. The van der Waals surface area contributed by atoms with Crippen LogP contribution in [0.4, 0.5) is 0 Å². The van der Waals surface area contributed by atoms with E-state index in [1.807, 2.05) is 18.2 Å². The summed E-state index contributed by atoms with van der Waals surface area (Å²) in [4.78, 5) is 12.3. The normalized spacial score (nSPS) is 10.7. The van der Waals surface area contributed by atoms with Crippen LogP contribution in [0.1, 0.15) is 19.4 Å². The quantitative estimate of drug-likeness (QED) is 0.609. The molecule has 18 heavy (non-hydrogen) atoms. The summed E-state index contributed by atoms with van der Waals surface area (Å²) in [5.74, 6) is 0.808. The van der Waals surface area contributed by atoms with E-state index in [9.17, 15) is 4.79 Å². The fraction of sp³-hybridized carbons (Fsp3) is 0.500. The highest BCUT2D eigenvalue weighted by Gasteiger charge is 2.06. The maximum Gasteiger partial charge on any atom is 0.315 e. The molecule has 1 aromatic rings. The molecule has 0 spiro atoms. The van der Waals surface area contributed by atoms with Crippen molar-refractivity contribution in [1.29, 1.82) is 0 Å². The predicted molar refractivity (Wildman–Crippen MR) is 75.7 cm³/mol.